The van der Waals surface area contributed by atoms with E-state index in [0.717, 1.165) is 39.2 Å². The van der Waals surface area contributed by atoms with Gasteiger partial charge in [0, 0.05) is 11.2 Å². The summed E-state index contributed by atoms with van der Waals surface area (Å²) < 4.78 is 50.0. The van der Waals surface area contributed by atoms with Gasteiger partial charge in [-0.05, 0) is 53.1 Å². The van der Waals surface area contributed by atoms with E-state index < -0.39 is 22.5 Å². The van der Waals surface area contributed by atoms with Crippen LogP contribution in [0.25, 0.3) is 34.3 Å². The van der Waals surface area contributed by atoms with E-state index >= 15 is 0 Å². The van der Waals surface area contributed by atoms with Crippen molar-refractivity contribution in [2.24, 2.45) is 0 Å². The number of benzene rings is 3. The first kappa shape index (κ1) is 20.1. The summed E-state index contributed by atoms with van der Waals surface area (Å²) in [5, 5.41) is 0. The average molecular weight is 426 g/mol. The standard InChI is InChI=1S/C23H17F3N2OS/c1-30(29)21-5-3-2-4-18(21)16-9-12-19-20(14-16)28-22(27-19)13-8-15-6-10-17(11-7-15)23(24,25)26/h2-14H,1H3,(H,27,28)/b13-8+. The number of halogens is 3. The average Bonchev–Trinajstić information content (AvgIpc) is 3.14. The Labute approximate surface area is 173 Å². The van der Waals surface area contributed by atoms with Gasteiger partial charge in [0.1, 0.15) is 5.82 Å². The van der Waals surface area contributed by atoms with Crippen LogP contribution in [0.15, 0.2) is 71.6 Å². The Bertz CT molecular complexity index is 1260. The molecule has 0 fully saturated rings. The van der Waals surface area contributed by atoms with Crippen molar-refractivity contribution < 1.29 is 17.4 Å². The number of alkyl halides is 3. The van der Waals surface area contributed by atoms with E-state index in [1.165, 1.54) is 12.1 Å². The topological polar surface area (TPSA) is 45.8 Å². The summed E-state index contributed by atoms with van der Waals surface area (Å²) >= 11 is 0. The number of hydrogen-bond acceptors (Lipinski definition) is 2. The van der Waals surface area contributed by atoms with Gasteiger partial charge in [-0.2, -0.15) is 13.2 Å². The maximum Gasteiger partial charge on any atom is 0.416 e. The Hall–Kier alpha value is -3.19. The summed E-state index contributed by atoms with van der Waals surface area (Å²) in [5.74, 6) is 0.592. The minimum Gasteiger partial charge on any atom is -0.338 e. The first-order chi connectivity index (χ1) is 14.3. The fraction of sp³-hybridized carbons (Fsp3) is 0.0870. The lowest BCUT2D eigenvalue weighted by atomic mass is 10.1. The molecular formula is C23H17F3N2OS. The van der Waals surface area contributed by atoms with Crippen molar-refractivity contribution in [3.8, 4) is 11.1 Å². The molecule has 0 radical (unpaired) electrons. The predicted molar refractivity (Wildman–Crippen MR) is 114 cm³/mol. The highest BCUT2D eigenvalue weighted by atomic mass is 32.2. The first-order valence-corrected chi connectivity index (χ1v) is 10.6. The van der Waals surface area contributed by atoms with Crippen LogP contribution in [0, 0.1) is 0 Å². The minimum absolute atomic E-state index is 0.592. The molecule has 1 aromatic heterocycles. The molecule has 0 bridgehead atoms. The van der Waals surface area contributed by atoms with Crippen LogP contribution in [0.3, 0.4) is 0 Å². The Morgan fingerprint density at radius 3 is 2.40 bits per heavy atom. The zero-order valence-corrected chi connectivity index (χ0v) is 16.7. The quantitative estimate of drug-likeness (QED) is 0.425. The summed E-state index contributed by atoms with van der Waals surface area (Å²) in [6.45, 7) is 0. The van der Waals surface area contributed by atoms with Gasteiger partial charge in [0.15, 0.2) is 0 Å². The highest BCUT2D eigenvalue weighted by Gasteiger charge is 2.29. The van der Waals surface area contributed by atoms with Gasteiger partial charge in [-0.1, -0.05) is 42.5 Å². The van der Waals surface area contributed by atoms with E-state index in [-0.39, 0.29) is 0 Å². The molecule has 0 aliphatic heterocycles. The van der Waals surface area contributed by atoms with Crippen molar-refractivity contribution in [3.63, 3.8) is 0 Å². The number of imidazole rings is 1. The van der Waals surface area contributed by atoms with Crippen molar-refractivity contribution in [2.45, 2.75) is 11.1 Å². The molecule has 152 valence electrons. The van der Waals surface area contributed by atoms with Crippen LogP contribution in [-0.2, 0) is 17.0 Å². The van der Waals surface area contributed by atoms with Gasteiger partial charge < -0.3 is 4.98 Å². The first-order valence-electron chi connectivity index (χ1n) is 9.09. The summed E-state index contributed by atoms with van der Waals surface area (Å²) in [7, 11) is -1.11. The van der Waals surface area contributed by atoms with Crippen LogP contribution in [-0.4, -0.2) is 20.4 Å². The van der Waals surface area contributed by atoms with Crippen LogP contribution >= 0.6 is 0 Å². The molecule has 0 aliphatic rings. The molecule has 4 aromatic rings. The second-order valence-electron chi connectivity index (χ2n) is 6.76. The predicted octanol–water partition coefficient (Wildman–Crippen LogP) is 6.16. The molecule has 1 atom stereocenters. The molecule has 7 heteroatoms. The molecule has 30 heavy (non-hydrogen) atoms. The molecule has 4 rings (SSSR count). The largest absolute Gasteiger partial charge is 0.416 e. The third-order valence-electron chi connectivity index (χ3n) is 4.68. The number of nitrogens with one attached hydrogen (secondary N) is 1. The van der Waals surface area contributed by atoms with Crippen LogP contribution in [0.2, 0.25) is 0 Å². The van der Waals surface area contributed by atoms with E-state index in [4.69, 9.17) is 0 Å². The molecule has 0 saturated heterocycles. The summed E-state index contributed by atoms with van der Waals surface area (Å²) in [6.07, 6.45) is 0.727. The van der Waals surface area contributed by atoms with Crippen LogP contribution < -0.4 is 0 Å². The van der Waals surface area contributed by atoms with Crippen LogP contribution in [0.4, 0.5) is 13.2 Å². The fourth-order valence-corrected chi connectivity index (χ4v) is 3.96. The SMILES string of the molecule is CS(=O)c1ccccc1-c1ccc2nc(/C=C/c3ccc(C(F)(F)F)cc3)[nH]c2c1. The second-order valence-corrected chi connectivity index (χ2v) is 8.11. The smallest absolute Gasteiger partial charge is 0.338 e. The number of aromatic nitrogens is 2. The molecule has 3 aromatic carbocycles. The molecule has 1 heterocycles. The number of nitrogens with zero attached hydrogens (tertiary/aromatic N) is 1. The third kappa shape index (κ3) is 4.21. The van der Waals surface area contributed by atoms with E-state index in [9.17, 15) is 17.4 Å². The lowest BCUT2D eigenvalue weighted by Gasteiger charge is -2.07. The molecule has 0 amide bonds. The van der Waals surface area contributed by atoms with Gasteiger partial charge in [-0.25, -0.2) is 4.98 Å². The molecular weight excluding hydrogens is 409 g/mol. The van der Waals surface area contributed by atoms with Crippen molar-refractivity contribution in [3.05, 3.63) is 83.7 Å². The van der Waals surface area contributed by atoms with E-state index in [0.29, 0.717) is 11.4 Å². The summed E-state index contributed by atoms with van der Waals surface area (Å²) in [4.78, 5) is 8.46. The number of H-pyrrole nitrogens is 1. The van der Waals surface area contributed by atoms with E-state index in [2.05, 4.69) is 9.97 Å². The van der Waals surface area contributed by atoms with Gasteiger partial charge in [0.25, 0.3) is 0 Å². The Balaban J connectivity index is 1.62. The minimum atomic E-state index is -4.35. The second kappa shape index (κ2) is 7.91. The Morgan fingerprint density at radius 2 is 1.70 bits per heavy atom. The maximum atomic E-state index is 12.7. The Morgan fingerprint density at radius 1 is 0.967 bits per heavy atom. The summed E-state index contributed by atoms with van der Waals surface area (Å²) in [5.41, 5.74) is 3.37. The molecule has 1 N–H and O–H groups in total. The normalized spacial score (nSPS) is 13.2. The zero-order chi connectivity index (χ0) is 21.3. The highest BCUT2D eigenvalue weighted by molar-refractivity contribution is 7.84. The van der Waals surface area contributed by atoms with Crippen molar-refractivity contribution >= 4 is 34.0 Å². The number of aromatic amines is 1. The molecule has 0 spiro atoms. The van der Waals surface area contributed by atoms with Gasteiger partial charge in [0.2, 0.25) is 0 Å². The molecule has 3 nitrogen and oxygen atoms in total. The van der Waals surface area contributed by atoms with Gasteiger partial charge in [-0.15, -0.1) is 0 Å². The lowest BCUT2D eigenvalue weighted by molar-refractivity contribution is -0.137. The third-order valence-corrected chi connectivity index (χ3v) is 5.65. The number of rotatable bonds is 4. The Kier molecular flexibility index (Phi) is 5.30. The van der Waals surface area contributed by atoms with Gasteiger partial charge >= 0.3 is 6.18 Å². The van der Waals surface area contributed by atoms with Crippen LogP contribution in [0.1, 0.15) is 17.0 Å². The van der Waals surface area contributed by atoms with Crippen molar-refractivity contribution in [1.29, 1.82) is 0 Å². The van der Waals surface area contributed by atoms with Crippen molar-refractivity contribution in [1.82, 2.24) is 9.97 Å². The van der Waals surface area contributed by atoms with Gasteiger partial charge in [-0.3, -0.25) is 4.21 Å². The lowest BCUT2D eigenvalue weighted by Crippen LogP contribution is -2.03. The van der Waals surface area contributed by atoms with Crippen LogP contribution in [0.5, 0.6) is 0 Å². The summed E-state index contributed by atoms with van der Waals surface area (Å²) in [6, 6.07) is 18.2. The molecule has 0 saturated carbocycles. The maximum absolute atomic E-state index is 12.7. The monoisotopic (exact) mass is 426 g/mol. The number of hydrogen-bond donors (Lipinski definition) is 1. The number of fused-ring (bicyclic) bond motifs is 1. The van der Waals surface area contributed by atoms with Crippen molar-refractivity contribution in [2.75, 3.05) is 6.26 Å². The van der Waals surface area contributed by atoms with Gasteiger partial charge in [0.05, 0.1) is 27.4 Å². The zero-order valence-electron chi connectivity index (χ0n) is 15.9. The molecule has 1 unspecified atom stereocenters. The van der Waals surface area contributed by atoms with E-state index in [1.807, 2.05) is 42.5 Å². The highest BCUT2D eigenvalue weighted by Crippen LogP contribution is 2.30. The molecule has 0 aliphatic carbocycles. The fourth-order valence-electron chi connectivity index (χ4n) is 3.19. The van der Waals surface area contributed by atoms with E-state index in [1.54, 1.807) is 18.4 Å².